The van der Waals surface area contributed by atoms with Crippen LogP contribution in [0.5, 0.6) is 5.75 Å². The van der Waals surface area contributed by atoms with E-state index in [9.17, 15) is 4.79 Å². The molecule has 11 heteroatoms. The first-order valence-corrected chi connectivity index (χ1v) is 9.82. The van der Waals surface area contributed by atoms with Crippen LogP contribution in [0.3, 0.4) is 0 Å². The lowest BCUT2D eigenvalue weighted by atomic mass is 10.2. The first-order valence-electron chi connectivity index (χ1n) is 8.01. The minimum atomic E-state index is -0.411. The van der Waals surface area contributed by atoms with Crippen LogP contribution < -0.4 is 10.1 Å². The highest BCUT2D eigenvalue weighted by Gasteiger charge is 2.22. The summed E-state index contributed by atoms with van der Waals surface area (Å²) >= 11 is 2.88. The highest BCUT2D eigenvalue weighted by molar-refractivity contribution is 8.01. The third-order valence-electron chi connectivity index (χ3n) is 3.47. The van der Waals surface area contributed by atoms with Crippen molar-refractivity contribution < 1.29 is 14.3 Å². The summed E-state index contributed by atoms with van der Waals surface area (Å²) in [5.41, 5.74) is 1.45. The SMILES string of the molecule is CCSc1nnc(NC(=O)c2nnn(-c3ccc(OC)cc3)c2COC)s1. The van der Waals surface area contributed by atoms with Crippen LogP contribution in [0.1, 0.15) is 23.1 Å². The van der Waals surface area contributed by atoms with E-state index in [2.05, 4.69) is 25.8 Å². The lowest BCUT2D eigenvalue weighted by Crippen LogP contribution is -2.16. The molecule has 0 fully saturated rings. The second kappa shape index (κ2) is 8.93. The van der Waals surface area contributed by atoms with Gasteiger partial charge in [-0.15, -0.1) is 15.3 Å². The predicted octanol–water partition coefficient (Wildman–Crippen LogP) is 2.64. The Labute approximate surface area is 164 Å². The third kappa shape index (κ3) is 4.43. The van der Waals surface area contributed by atoms with E-state index in [1.54, 1.807) is 30.7 Å². The summed E-state index contributed by atoms with van der Waals surface area (Å²) in [5.74, 6) is 1.20. The Bertz CT molecular complexity index is 909. The maximum atomic E-state index is 12.7. The molecule has 0 radical (unpaired) electrons. The molecule has 27 heavy (non-hydrogen) atoms. The Kier molecular flexibility index (Phi) is 6.37. The van der Waals surface area contributed by atoms with Gasteiger partial charge in [-0.2, -0.15) is 0 Å². The molecule has 2 aromatic heterocycles. The quantitative estimate of drug-likeness (QED) is 0.450. The molecule has 0 bridgehead atoms. The molecule has 2 heterocycles. The third-order valence-corrected chi connectivity index (χ3v) is 5.33. The van der Waals surface area contributed by atoms with Gasteiger partial charge in [0.1, 0.15) is 11.4 Å². The summed E-state index contributed by atoms with van der Waals surface area (Å²) in [5, 5.41) is 19.3. The number of anilines is 1. The number of carbonyl (C=O) groups excluding carboxylic acids is 1. The van der Waals surface area contributed by atoms with E-state index in [0.717, 1.165) is 21.5 Å². The molecule has 3 rings (SSSR count). The summed E-state index contributed by atoms with van der Waals surface area (Å²) in [6, 6.07) is 7.27. The minimum absolute atomic E-state index is 0.174. The molecule has 0 aliphatic heterocycles. The minimum Gasteiger partial charge on any atom is -0.497 e. The Balaban J connectivity index is 1.85. The van der Waals surface area contributed by atoms with Crippen LogP contribution in [0.25, 0.3) is 5.69 Å². The lowest BCUT2D eigenvalue weighted by molar-refractivity contribution is 0.101. The van der Waals surface area contributed by atoms with Crippen molar-refractivity contribution in [2.75, 3.05) is 25.3 Å². The van der Waals surface area contributed by atoms with E-state index in [0.29, 0.717) is 10.8 Å². The summed E-state index contributed by atoms with van der Waals surface area (Å²) in [7, 11) is 3.15. The summed E-state index contributed by atoms with van der Waals surface area (Å²) in [4.78, 5) is 12.7. The zero-order chi connectivity index (χ0) is 19.2. The molecule has 1 aromatic carbocycles. The smallest absolute Gasteiger partial charge is 0.280 e. The number of nitrogens with zero attached hydrogens (tertiary/aromatic N) is 5. The Morgan fingerprint density at radius 3 is 2.67 bits per heavy atom. The molecular formula is C16H18N6O3S2. The highest BCUT2D eigenvalue weighted by Crippen LogP contribution is 2.25. The van der Waals surface area contributed by atoms with E-state index in [-0.39, 0.29) is 12.3 Å². The van der Waals surface area contributed by atoms with E-state index < -0.39 is 5.91 Å². The van der Waals surface area contributed by atoms with Gasteiger partial charge in [0, 0.05) is 7.11 Å². The van der Waals surface area contributed by atoms with E-state index in [1.165, 1.54) is 11.3 Å². The van der Waals surface area contributed by atoms with Crippen LogP contribution in [0.4, 0.5) is 5.13 Å². The number of amides is 1. The van der Waals surface area contributed by atoms with Crippen molar-refractivity contribution >= 4 is 34.1 Å². The predicted molar refractivity (Wildman–Crippen MR) is 103 cm³/mol. The van der Waals surface area contributed by atoms with Gasteiger partial charge in [-0.3, -0.25) is 10.1 Å². The maximum Gasteiger partial charge on any atom is 0.280 e. The molecule has 1 amide bonds. The summed E-state index contributed by atoms with van der Waals surface area (Å²) in [6.45, 7) is 2.20. The fraction of sp³-hybridized carbons (Fsp3) is 0.312. The molecule has 3 aromatic rings. The van der Waals surface area contributed by atoms with E-state index in [4.69, 9.17) is 9.47 Å². The van der Waals surface area contributed by atoms with Crippen molar-refractivity contribution in [3.8, 4) is 11.4 Å². The molecule has 0 aliphatic rings. The number of carbonyl (C=O) groups is 1. The largest absolute Gasteiger partial charge is 0.497 e. The van der Waals surface area contributed by atoms with Crippen LogP contribution in [0.2, 0.25) is 0 Å². The molecule has 0 saturated carbocycles. The number of hydrogen-bond acceptors (Lipinski definition) is 9. The lowest BCUT2D eigenvalue weighted by Gasteiger charge is -2.08. The van der Waals surface area contributed by atoms with Gasteiger partial charge in [-0.25, -0.2) is 4.68 Å². The van der Waals surface area contributed by atoms with Gasteiger partial charge in [0.15, 0.2) is 10.0 Å². The average Bonchev–Trinajstić information content (AvgIpc) is 3.29. The molecule has 0 unspecified atom stereocenters. The van der Waals surface area contributed by atoms with Crippen molar-refractivity contribution in [2.24, 2.45) is 0 Å². The van der Waals surface area contributed by atoms with Gasteiger partial charge in [0.2, 0.25) is 5.13 Å². The molecule has 0 saturated heterocycles. The molecule has 0 atom stereocenters. The van der Waals surface area contributed by atoms with Crippen LogP contribution in [0.15, 0.2) is 28.6 Å². The fourth-order valence-electron chi connectivity index (χ4n) is 2.27. The summed E-state index contributed by atoms with van der Waals surface area (Å²) < 4.78 is 12.8. The van der Waals surface area contributed by atoms with Gasteiger partial charge < -0.3 is 9.47 Å². The van der Waals surface area contributed by atoms with E-state index >= 15 is 0 Å². The van der Waals surface area contributed by atoms with Gasteiger partial charge in [-0.05, 0) is 30.0 Å². The highest BCUT2D eigenvalue weighted by atomic mass is 32.2. The monoisotopic (exact) mass is 406 g/mol. The number of ether oxygens (including phenoxy) is 2. The topological polar surface area (TPSA) is 104 Å². The van der Waals surface area contributed by atoms with Gasteiger partial charge in [0.25, 0.3) is 5.91 Å². The van der Waals surface area contributed by atoms with Gasteiger partial charge >= 0.3 is 0 Å². The van der Waals surface area contributed by atoms with Crippen LogP contribution in [-0.4, -0.2) is 51.1 Å². The fourth-order valence-corrected chi connectivity index (χ4v) is 3.92. The number of methoxy groups -OCH3 is 2. The summed E-state index contributed by atoms with van der Waals surface area (Å²) in [6.07, 6.45) is 0. The second-order valence-corrected chi connectivity index (χ2v) is 7.68. The van der Waals surface area contributed by atoms with Crippen molar-refractivity contribution in [3.63, 3.8) is 0 Å². The number of thioether (sulfide) groups is 1. The first kappa shape index (κ1) is 19.3. The molecule has 142 valence electrons. The van der Waals surface area contributed by atoms with Crippen LogP contribution >= 0.6 is 23.1 Å². The van der Waals surface area contributed by atoms with Crippen molar-refractivity contribution in [1.82, 2.24) is 25.2 Å². The van der Waals surface area contributed by atoms with Crippen molar-refractivity contribution in [1.29, 1.82) is 0 Å². The second-order valence-electron chi connectivity index (χ2n) is 5.19. The zero-order valence-corrected chi connectivity index (χ0v) is 16.6. The van der Waals surface area contributed by atoms with Crippen LogP contribution in [-0.2, 0) is 11.3 Å². The van der Waals surface area contributed by atoms with Crippen LogP contribution in [0, 0.1) is 0 Å². The zero-order valence-electron chi connectivity index (χ0n) is 15.0. The van der Waals surface area contributed by atoms with E-state index in [1.807, 2.05) is 31.2 Å². The molecule has 0 aliphatic carbocycles. The number of benzene rings is 1. The maximum absolute atomic E-state index is 12.7. The standard InChI is InChI=1S/C16H18N6O3S2/c1-4-26-16-20-19-15(27-16)17-14(23)13-12(9-24-2)22(21-18-13)10-5-7-11(25-3)8-6-10/h5-8H,4,9H2,1-3H3,(H,17,19,23). The average molecular weight is 406 g/mol. The number of aromatic nitrogens is 5. The van der Waals surface area contributed by atoms with Crippen molar-refractivity contribution in [2.45, 2.75) is 17.9 Å². The van der Waals surface area contributed by atoms with Crippen molar-refractivity contribution in [3.05, 3.63) is 35.7 Å². The molecule has 0 spiro atoms. The number of rotatable bonds is 8. The van der Waals surface area contributed by atoms with Gasteiger partial charge in [-0.1, -0.05) is 35.2 Å². The molecule has 9 nitrogen and oxygen atoms in total. The van der Waals surface area contributed by atoms with Gasteiger partial charge in [0.05, 0.1) is 19.4 Å². The normalized spacial score (nSPS) is 10.8. The molecular weight excluding hydrogens is 388 g/mol. The first-order chi connectivity index (χ1) is 13.2. The Hall–Kier alpha value is -2.50. The Morgan fingerprint density at radius 1 is 1.22 bits per heavy atom. The number of nitrogens with one attached hydrogen (secondary N) is 1. The molecule has 1 N–H and O–H groups in total. The Morgan fingerprint density at radius 2 is 2.00 bits per heavy atom. The number of hydrogen-bond donors (Lipinski definition) is 1.